The summed E-state index contributed by atoms with van der Waals surface area (Å²) in [6.45, 7) is 0. The van der Waals surface area contributed by atoms with Crippen LogP contribution in [0.1, 0.15) is 17.9 Å². The van der Waals surface area contributed by atoms with Gasteiger partial charge in [-0.15, -0.1) is 0 Å². The van der Waals surface area contributed by atoms with Gasteiger partial charge in [0, 0.05) is 11.6 Å². The zero-order valence-electron chi connectivity index (χ0n) is 10.0. The zero-order chi connectivity index (χ0) is 13.6. The second kappa shape index (κ2) is 4.24. The van der Waals surface area contributed by atoms with Crippen molar-refractivity contribution in [2.24, 2.45) is 0 Å². The van der Waals surface area contributed by atoms with E-state index in [4.69, 9.17) is 5.11 Å². The molecule has 0 aliphatic carbocycles. The van der Waals surface area contributed by atoms with Crippen LogP contribution in [0.25, 0.3) is 0 Å². The van der Waals surface area contributed by atoms with E-state index in [-0.39, 0.29) is 12.0 Å². The minimum Gasteiger partial charge on any atom is -0.480 e. The molecule has 0 aromatic heterocycles. The predicted octanol–water partition coefficient (Wildman–Crippen LogP) is 0.464. The first-order chi connectivity index (χ1) is 9.08. The smallest absolute Gasteiger partial charge is 0.322 e. The van der Waals surface area contributed by atoms with Gasteiger partial charge in [-0.05, 0) is 18.1 Å². The number of piperidine rings is 1. The molecule has 6 heteroatoms. The molecular weight excluding hydrogens is 248 g/mol. The summed E-state index contributed by atoms with van der Waals surface area (Å²) in [5.41, 5.74) is 1.91. The van der Waals surface area contributed by atoms with Crippen molar-refractivity contribution in [3.05, 3.63) is 29.8 Å². The van der Waals surface area contributed by atoms with Crippen molar-refractivity contribution in [1.82, 2.24) is 5.32 Å². The number of aliphatic carboxylic acids is 2. The maximum absolute atomic E-state index is 11.3. The van der Waals surface area contributed by atoms with Crippen LogP contribution in [-0.2, 0) is 9.59 Å². The summed E-state index contributed by atoms with van der Waals surface area (Å²) in [5, 5.41) is 24.3. The quantitative estimate of drug-likeness (QED) is 0.618. The van der Waals surface area contributed by atoms with Crippen LogP contribution in [0, 0.1) is 0 Å². The molecule has 1 aromatic rings. The molecule has 1 fully saturated rings. The Balaban J connectivity index is 1.98. The third-order valence-electron chi connectivity index (χ3n) is 3.91. The van der Waals surface area contributed by atoms with Crippen molar-refractivity contribution in [3.8, 4) is 0 Å². The highest BCUT2D eigenvalue weighted by molar-refractivity contribution is 5.81. The maximum atomic E-state index is 11.3. The second-order valence-electron chi connectivity index (χ2n) is 4.97. The van der Waals surface area contributed by atoms with Gasteiger partial charge in [0.1, 0.15) is 12.1 Å². The van der Waals surface area contributed by atoms with E-state index >= 15 is 0 Å². The van der Waals surface area contributed by atoms with Gasteiger partial charge < -0.3 is 15.5 Å². The van der Waals surface area contributed by atoms with Crippen molar-refractivity contribution in [3.63, 3.8) is 0 Å². The highest BCUT2D eigenvalue weighted by atomic mass is 16.4. The highest BCUT2D eigenvalue weighted by Crippen LogP contribution is 2.42. The van der Waals surface area contributed by atoms with Crippen molar-refractivity contribution in [2.45, 2.75) is 30.5 Å². The number of anilines is 1. The molecule has 19 heavy (non-hydrogen) atoms. The van der Waals surface area contributed by atoms with Gasteiger partial charge >= 0.3 is 11.9 Å². The predicted molar refractivity (Wildman–Crippen MR) is 67.2 cm³/mol. The lowest BCUT2D eigenvalue weighted by atomic mass is 9.81. The molecular formula is C13H14N2O4. The lowest BCUT2D eigenvalue weighted by Crippen LogP contribution is -2.60. The Bertz CT molecular complexity index is 545. The number of para-hydroxylation sites is 1. The molecule has 0 saturated carbocycles. The molecule has 0 amide bonds. The fraction of sp³-hybridized carbons (Fsp3) is 0.385. The monoisotopic (exact) mass is 262 g/mol. The SMILES string of the molecule is O=C(O)C1CC2c3ccccc3NC2C(C(=O)O)N1. The zero-order valence-corrected chi connectivity index (χ0v) is 10.0. The lowest BCUT2D eigenvalue weighted by Gasteiger charge is -2.36. The van der Waals surface area contributed by atoms with E-state index in [1.807, 2.05) is 24.3 Å². The number of nitrogens with one attached hydrogen (secondary N) is 2. The Morgan fingerprint density at radius 1 is 1.16 bits per heavy atom. The number of carboxylic acid groups (broad SMARTS) is 2. The van der Waals surface area contributed by atoms with Gasteiger partial charge in [0.25, 0.3) is 0 Å². The highest BCUT2D eigenvalue weighted by Gasteiger charge is 2.47. The Morgan fingerprint density at radius 3 is 2.58 bits per heavy atom. The van der Waals surface area contributed by atoms with E-state index in [9.17, 15) is 14.7 Å². The van der Waals surface area contributed by atoms with Crippen molar-refractivity contribution in [2.75, 3.05) is 5.32 Å². The maximum Gasteiger partial charge on any atom is 0.322 e. The molecule has 2 aliphatic heterocycles. The molecule has 2 aliphatic rings. The molecule has 4 N–H and O–H groups in total. The summed E-state index contributed by atoms with van der Waals surface area (Å²) >= 11 is 0. The number of rotatable bonds is 2. The first-order valence-electron chi connectivity index (χ1n) is 6.15. The van der Waals surface area contributed by atoms with Gasteiger partial charge in [0.15, 0.2) is 0 Å². The Hall–Kier alpha value is -2.08. The summed E-state index contributed by atoms with van der Waals surface area (Å²) < 4.78 is 0. The molecule has 6 nitrogen and oxygen atoms in total. The van der Waals surface area contributed by atoms with Crippen LogP contribution < -0.4 is 10.6 Å². The molecule has 4 atom stereocenters. The largest absolute Gasteiger partial charge is 0.480 e. The second-order valence-corrected chi connectivity index (χ2v) is 4.97. The van der Waals surface area contributed by atoms with E-state index in [0.29, 0.717) is 6.42 Å². The van der Waals surface area contributed by atoms with Crippen LogP contribution in [-0.4, -0.2) is 40.3 Å². The van der Waals surface area contributed by atoms with Gasteiger partial charge in [-0.1, -0.05) is 18.2 Å². The Labute approximate surface area is 109 Å². The molecule has 0 bridgehead atoms. The minimum absolute atomic E-state index is 0.0837. The number of benzene rings is 1. The number of hydrogen-bond donors (Lipinski definition) is 4. The molecule has 100 valence electrons. The van der Waals surface area contributed by atoms with E-state index < -0.39 is 24.0 Å². The van der Waals surface area contributed by atoms with Crippen molar-refractivity contribution < 1.29 is 19.8 Å². The summed E-state index contributed by atoms with van der Waals surface area (Å²) in [7, 11) is 0. The summed E-state index contributed by atoms with van der Waals surface area (Å²) in [4.78, 5) is 22.5. The summed E-state index contributed by atoms with van der Waals surface area (Å²) in [5.74, 6) is -2.12. The molecule has 1 aromatic carbocycles. The fourth-order valence-electron chi connectivity index (χ4n) is 3.05. The molecule has 0 spiro atoms. The number of fused-ring (bicyclic) bond motifs is 3. The third kappa shape index (κ3) is 1.84. The fourth-order valence-corrected chi connectivity index (χ4v) is 3.05. The van der Waals surface area contributed by atoms with Gasteiger partial charge in [-0.3, -0.25) is 14.9 Å². The van der Waals surface area contributed by atoms with Gasteiger partial charge in [0.2, 0.25) is 0 Å². The number of carbonyl (C=O) groups is 2. The van der Waals surface area contributed by atoms with Gasteiger partial charge in [-0.2, -0.15) is 0 Å². The Morgan fingerprint density at radius 2 is 1.89 bits per heavy atom. The van der Waals surface area contributed by atoms with Crippen molar-refractivity contribution >= 4 is 17.6 Å². The third-order valence-corrected chi connectivity index (χ3v) is 3.91. The lowest BCUT2D eigenvalue weighted by molar-refractivity contribution is -0.144. The standard InChI is InChI=1S/C13H14N2O4/c16-12(17)9-5-7-6-3-1-2-4-8(6)14-10(7)11(15-9)13(18)19/h1-4,7,9-11,14-15H,5H2,(H,16,17)(H,18,19). The van der Waals surface area contributed by atoms with Crippen LogP contribution in [0.15, 0.2) is 24.3 Å². The molecule has 0 radical (unpaired) electrons. The van der Waals surface area contributed by atoms with Crippen molar-refractivity contribution in [1.29, 1.82) is 0 Å². The molecule has 3 rings (SSSR count). The average molecular weight is 262 g/mol. The average Bonchev–Trinajstić information content (AvgIpc) is 2.75. The molecule has 1 saturated heterocycles. The van der Waals surface area contributed by atoms with E-state index in [0.717, 1.165) is 11.3 Å². The van der Waals surface area contributed by atoms with Gasteiger partial charge in [0.05, 0.1) is 6.04 Å². The first-order valence-corrected chi connectivity index (χ1v) is 6.15. The number of carboxylic acids is 2. The van der Waals surface area contributed by atoms with Crippen LogP contribution >= 0.6 is 0 Å². The van der Waals surface area contributed by atoms with Crippen LogP contribution in [0.4, 0.5) is 5.69 Å². The van der Waals surface area contributed by atoms with Crippen LogP contribution in [0.3, 0.4) is 0 Å². The normalized spacial score (nSPS) is 32.0. The minimum atomic E-state index is -1.03. The molecule has 4 unspecified atom stereocenters. The topological polar surface area (TPSA) is 98.7 Å². The van der Waals surface area contributed by atoms with E-state index in [2.05, 4.69) is 10.6 Å². The summed E-state index contributed by atoms with van der Waals surface area (Å²) in [6.07, 6.45) is 0.397. The molecule has 2 heterocycles. The van der Waals surface area contributed by atoms with Crippen LogP contribution in [0.5, 0.6) is 0 Å². The van der Waals surface area contributed by atoms with Crippen LogP contribution in [0.2, 0.25) is 0 Å². The van der Waals surface area contributed by atoms with E-state index in [1.54, 1.807) is 0 Å². The Kier molecular flexibility index (Phi) is 2.67. The summed E-state index contributed by atoms with van der Waals surface area (Å²) in [6, 6.07) is 5.56. The van der Waals surface area contributed by atoms with Gasteiger partial charge in [-0.25, -0.2) is 0 Å². The van der Waals surface area contributed by atoms with E-state index in [1.165, 1.54) is 0 Å². The number of hydrogen-bond acceptors (Lipinski definition) is 4. The first kappa shape index (κ1) is 12.0.